The number of aryl methyl sites for hydroxylation is 1. The van der Waals surface area contributed by atoms with Gasteiger partial charge in [0.2, 0.25) is 5.91 Å². The molecule has 5 heteroatoms. The third kappa shape index (κ3) is 3.88. The van der Waals surface area contributed by atoms with Gasteiger partial charge in [0.25, 0.3) is 5.91 Å². The van der Waals surface area contributed by atoms with Crippen LogP contribution in [0.2, 0.25) is 0 Å². The number of hydrogen-bond acceptors (Lipinski definition) is 3. The van der Waals surface area contributed by atoms with Crippen LogP contribution in [0.4, 0.5) is 5.69 Å². The van der Waals surface area contributed by atoms with Gasteiger partial charge in [0.1, 0.15) is 12.6 Å². The molecule has 5 nitrogen and oxygen atoms in total. The zero-order valence-corrected chi connectivity index (χ0v) is 14.3. The van der Waals surface area contributed by atoms with Crippen LogP contribution in [0.15, 0.2) is 54.6 Å². The molecule has 1 heterocycles. The van der Waals surface area contributed by atoms with Gasteiger partial charge in [-0.25, -0.2) is 0 Å². The lowest BCUT2D eigenvalue weighted by atomic mass is 10.1. The van der Waals surface area contributed by atoms with Crippen LogP contribution in [0.25, 0.3) is 0 Å². The van der Waals surface area contributed by atoms with Crippen LogP contribution in [0, 0.1) is 6.92 Å². The number of para-hydroxylation sites is 1. The lowest BCUT2D eigenvalue weighted by Crippen LogP contribution is -2.55. The van der Waals surface area contributed by atoms with E-state index in [-0.39, 0.29) is 24.8 Å². The van der Waals surface area contributed by atoms with Crippen LogP contribution >= 0.6 is 0 Å². The predicted octanol–water partition coefficient (Wildman–Crippen LogP) is 1.77. The van der Waals surface area contributed by atoms with Crippen molar-refractivity contribution in [2.24, 2.45) is 0 Å². The second-order valence-electron chi connectivity index (χ2n) is 6.30. The Kier molecular flexibility index (Phi) is 5.14. The van der Waals surface area contributed by atoms with E-state index in [0.29, 0.717) is 13.1 Å². The van der Waals surface area contributed by atoms with Gasteiger partial charge in [0, 0.05) is 25.2 Å². The Bertz CT molecular complexity index is 761. The van der Waals surface area contributed by atoms with E-state index in [0.717, 1.165) is 16.8 Å². The molecule has 0 radical (unpaired) electrons. The quantitative estimate of drug-likeness (QED) is 0.924. The standard InChI is InChI=1S/C20H22N2O3/c1-15-7-5-6-10-17(15)22-12-11-21(14-19(22)24)20(25)18(23)13-16-8-3-2-4-9-16/h2-10,18,23H,11-14H2,1H3/t18-/m0/s1. The number of anilines is 1. The summed E-state index contributed by atoms with van der Waals surface area (Å²) in [7, 11) is 0. The Labute approximate surface area is 147 Å². The summed E-state index contributed by atoms with van der Waals surface area (Å²) in [6, 6.07) is 17.1. The molecule has 2 amide bonds. The zero-order valence-electron chi connectivity index (χ0n) is 14.3. The van der Waals surface area contributed by atoms with Gasteiger partial charge >= 0.3 is 0 Å². The van der Waals surface area contributed by atoms with E-state index in [2.05, 4.69) is 0 Å². The largest absolute Gasteiger partial charge is 0.383 e. The molecule has 2 aromatic carbocycles. The number of benzene rings is 2. The maximum Gasteiger partial charge on any atom is 0.252 e. The highest BCUT2D eigenvalue weighted by atomic mass is 16.3. The molecule has 0 spiro atoms. The molecule has 1 fully saturated rings. The van der Waals surface area contributed by atoms with Gasteiger partial charge in [-0.1, -0.05) is 48.5 Å². The summed E-state index contributed by atoms with van der Waals surface area (Å²) in [6.07, 6.45) is -0.869. The van der Waals surface area contributed by atoms with Crippen molar-refractivity contribution in [3.63, 3.8) is 0 Å². The summed E-state index contributed by atoms with van der Waals surface area (Å²) in [5, 5.41) is 10.2. The molecule has 1 aliphatic rings. The van der Waals surface area contributed by atoms with E-state index in [4.69, 9.17) is 0 Å². The van der Waals surface area contributed by atoms with Crippen molar-refractivity contribution in [1.82, 2.24) is 4.90 Å². The van der Waals surface area contributed by atoms with Crippen LogP contribution < -0.4 is 4.90 Å². The third-order valence-electron chi connectivity index (χ3n) is 4.50. The molecule has 1 atom stereocenters. The fourth-order valence-electron chi connectivity index (χ4n) is 3.12. The van der Waals surface area contributed by atoms with Crippen molar-refractivity contribution in [2.75, 3.05) is 24.5 Å². The summed E-state index contributed by atoms with van der Waals surface area (Å²) in [6.45, 7) is 2.82. The fraction of sp³-hybridized carbons (Fsp3) is 0.300. The minimum atomic E-state index is -1.12. The van der Waals surface area contributed by atoms with Crippen LogP contribution in [0.3, 0.4) is 0 Å². The number of carbonyl (C=O) groups excluding carboxylic acids is 2. The van der Waals surface area contributed by atoms with Crippen molar-refractivity contribution in [3.8, 4) is 0 Å². The normalized spacial score (nSPS) is 16.0. The lowest BCUT2D eigenvalue weighted by Gasteiger charge is -2.35. The maximum atomic E-state index is 12.5. The summed E-state index contributed by atoms with van der Waals surface area (Å²) in [5.74, 6) is -0.512. The maximum absolute atomic E-state index is 12.5. The van der Waals surface area contributed by atoms with Crippen molar-refractivity contribution in [2.45, 2.75) is 19.4 Å². The Morgan fingerprint density at radius 1 is 1.08 bits per heavy atom. The van der Waals surface area contributed by atoms with Crippen LogP contribution in [-0.2, 0) is 16.0 Å². The van der Waals surface area contributed by atoms with Gasteiger partial charge in [-0.05, 0) is 24.1 Å². The molecular formula is C20H22N2O3. The molecule has 1 saturated heterocycles. The van der Waals surface area contributed by atoms with Crippen molar-refractivity contribution >= 4 is 17.5 Å². The molecule has 0 aromatic heterocycles. The number of carbonyl (C=O) groups is 2. The molecule has 25 heavy (non-hydrogen) atoms. The Morgan fingerprint density at radius 3 is 2.44 bits per heavy atom. The molecule has 2 aromatic rings. The SMILES string of the molecule is Cc1ccccc1N1CCN(C(=O)[C@@H](O)Cc2ccccc2)CC1=O. The van der Waals surface area contributed by atoms with Gasteiger partial charge in [0.05, 0.1) is 0 Å². The number of piperazine rings is 1. The number of nitrogens with zero attached hydrogens (tertiary/aromatic N) is 2. The van der Waals surface area contributed by atoms with Crippen LogP contribution in [0.1, 0.15) is 11.1 Å². The van der Waals surface area contributed by atoms with Crippen molar-refractivity contribution in [1.29, 1.82) is 0 Å². The Morgan fingerprint density at radius 2 is 1.76 bits per heavy atom. The van der Waals surface area contributed by atoms with Crippen LogP contribution in [-0.4, -0.2) is 47.6 Å². The third-order valence-corrected chi connectivity index (χ3v) is 4.50. The average Bonchev–Trinajstić information content (AvgIpc) is 2.62. The zero-order chi connectivity index (χ0) is 17.8. The fourth-order valence-corrected chi connectivity index (χ4v) is 3.12. The van der Waals surface area contributed by atoms with Crippen molar-refractivity contribution in [3.05, 3.63) is 65.7 Å². The van der Waals surface area contributed by atoms with E-state index in [1.165, 1.54) is 4.90 Å². The number of aliphatic hydroxyl groups excluding tert-OH is 1. The Balaban J connectivity index is 1.63. The first-order chi connectivity index (χ1) is 12.1. The average molecular weight is 338 g/mol. The minimum absolute atomic E-state index is 0.000975. The number of hydrogen-bond donors (Lipinski definition) is 1. The highest BCUT2D eigenvalue weighted by molar-refractivity contribution is 5.99. The second-order valence-corrected chi connectivity index (χ2v) is 6.30. The predicted molar refractivity (Wildman–Crippen MR) is 96.3 cm³/mol. The molecular weight excluding hydrogens is 316 g/mol. The van der Waals surface area contributed by atoms with E-state index in [1.54, 1.807) is 4.90 Å². The second kappa shape index (κ2) is 7.49. The van der Waals surface area contributed by atoms with Gasteiger partial charge in [-0.3, -0.25) is 9.59 Å². The molecule has 1 aliphatic heterocycles. The summed E-state index contributed by atoms with van der Waals surface area (Å²) >= 11 is 0. The topological polar surface area (TPSA) is 60.9 Å². The van der Waals surface area contributed by atoms with E-state index < -0.39 is 6.10 Å². The number of aliphatic hydroxyl groups is 1. The molecule has 1 N–H and O–H groups in total. The van der Waals surface area contributed by atoms with Crippen molar-refractivity contribution < 1.29 is 14.7 Å². The first-order valence-electron chi connectivity index (χ1n) is 8.43. The van der Waals surface area contributed by atoms with E-state index >= 15 is 0 Å². The highest BCUT2D eigenvalue weighted by Gasteiger charge is 2.31. The smallest absolute Gasteiger partial charge is 0.252 e. The highest BCUT2D eigenvalue weighted by Crippen LogP contribution is 2.22. The van der Waals surface area contributed by atoms with Crippen LogP contribution in [0.5, 0.6) is 0 Å². The first-order valence-corrected chi connectivity index (χ1v) is 8.43. The monoisotopic (exact) mass is 338 g/mol. The van der Waals surface area contributed by atoms with E-state index in [1.807, 2.05) is 61.5 Å². The van der Waals surface area contributed by atoms with Gasteiger partial charge < -0.3 is 14.9 Å². The van der Waals surface area contributed by atoms with E-state index in [9.17, 15) is 14.7 Å². The van der Waals surface area contributed by atoms with Gasteiger partial charge in [-0.2, -0.15) is 0 Å². The number of rotatable bonds is 4. The summed E-state index contributed by atoms with van der Waals surface area (Å²) in [4.78, 5) is 28.1. The molecule has 0 unspecified atom stereocenters. The molecule has 0 saturated carbocycles. The first kappa shape index (κ1) is 17.2. The number of amides is 2. The van der Waals surface area contributed by atoms with Gasteiger partial charge in [0.15, 0.2) is 0 Å². The van der Waals surface area contributed by atoms with Gasteiger partial charge in [-0.15, -0.1) is 0 Å². The lowest BCUT2D eigenvalue weighted by molar-refractivity contribution is -0.144. The minimum Gasteiger partial charge on any atom is -0.383 e. The molecule has 0 aliphatic carbocycles. The Hall–Kier alpha value is -2.66. The summed E-state index contributed by atoms with van der Waals surface area (Å²) in [5.41, 5.74) is 2.80. The summed E-state index contributed by atoms with van der Waals surface area (Å²) < 4.78 is 0. The molecule has 130 valence electrons. The molecule has 0 bridgehead atoms. The molecule has 3 rings (SSSR count).